The molecule has 1 amide bonds. The van der Waals surface area contributed by atoms with Gasteiger partial charge in [-0.15, -0.1) is 0 Å². The van der Waals surface area contributed by atoms with Crippen LogP contribution in [0.3, 0.4) is 0 Å². The van der Waals surface area contributed by atoms with Crippen LogP contribution in [0.25, 0.3) is 0 Å². The molecule has 0 unspecified atom stereocenters. The maximum absolute atomic E-state index is 14.3. The highest BCUT2D eigenvalue weighted by Crippen LogP contribution is 2.38. The summed E-state index contributed by atoms with van der Waals surface area (Å²) < 4.78 is 15.1. The number of halogens is 2. The summed E-state index contributed by atoms with van der Waals surface area (Å²) in [5, 5.41) is 14.4. The number of carbonyl (C=O) groups is 1. The molecule has 172 valence electrons. The van der Waals surface area contributed by atoms with E-state index in [4.69, 9.17) is 0 Å². The van der Waals surface area contributed by atoms with Crippen molar-refractivity contribution in [3.05, 3.63) is 51.6 Å². The van der Waals surface area contributed by atoms with Crippen molar-refractivity contribution in [2.45, 2.75) is 57.2 Å². The summed E-state index contributed by atoms with van der Waals surface area (Å²) in [5.74, 6) is -0.583. The average molecular weight is 552 g/mol. The smallest absolute Gasteiger partial charge is 0.256 e. The molecule has 2 aliphatic rings. The van der Waals surface area contributed by atoms with Gasteiger partial charge in [0.15, 0.2) is 0 Å². The Morgan fingerprint density at radius 1 is 1.25 bits per heavy atom. The van der Waals surface area contributed by atoms with Crippen molar-refractivity contribution in [1.82, 2.24) is 14.8 Å². The molecule has 32 heavy (non-hydrogen) atoms. The summed E-state index contributed by atoms with van der Waals surface area (Å²) in [6.07, 6.45) is 6.24. The number of nitrogens with zero attached hydrogens (tertiary/aromatic N) is 3. The van der Waals surface area contributed by atoms with Gasteiger partial charge in [-0.05, 0) is 87.0 Å². The number of hydrogen-bond donors (Lipinski definition) is 2. The highest BCUT2D eigenvalue weighted by molar-refractivity contribution is 14.1. The van der Waals surface area contributed by atoms with Crippen molar-refractivity contribution in [1.29, 1.82) is 0 Å². The lowest BCUT2D eigenvalue weighted by molar-refractivity contribution is -0.155. The van der Waals surface area contributed by atoms with Crippen molar-refractivity contribution in [2.75, 3.05) is 25.0 Å². The van der Waals surface area contributed by atoms with Gasteiger partial charge in [0.2, 0.25) is 0 Å². The van der Waals surface area contributed by atoms with Gasteiger partial charge in [0, 0.05) is 21.3 Å². The van der Waals surface area contributed by atoms with Crippen LogP contribution in [0.2, 0.25) is 0 Å². The third-order valence-electron chi connectivity index (χ3n) is 6.45. The highest BCUT2D eigenvalue weighted by atomic mass is 127. The number of β-amino-alcohol motifs (C(OH)–C–C–N with tert-alkyl or cyclic N) is 1. The van der Waals surface area contributed by atoms with Crippen LogP contribution in [0.4, 0.5) is 15.8 Å². The number of carbonyl (C=O) groups excluding carboxylic acids is 1. The van der Waals surface area contributed by atoms with Gasteiger partial charge in [-0.25, -0.2) is 4.39 Å². The molecule has 0 spiro atoms. The highest BCUT2D eigenvalue weighted by Gasteiger charge is 2.53. The largest absolute Gasteiger partial charge is 0.385 e. The Bertz CT molecular complexity index is 1000. The third kappa shape index (κ3) is 4.63. The summed E-state index contributed by atoms with van der Waals surface area (Å²) >= 11 is 2.05. The molecule has 2 N–H and O–H groups in total. The fraction of sp³-hybridized carbons (Fsp3) is 0.500. The zero-order valence-electron chi connectivity index (χ0n) is 18.7. The molecule has 2 aromatic rings. The number of anilines is 2. The zero-order valence-corrected chi connectivity index (χ0v) is 20.9. The summed E-state index contributed by atoms with van der Waals surface area (Å²) in [6, 6.07) is 6.54. The number of amides is 1. The molecule has 0 radical (unpaired) electrons. The van der Waals surface area contributed by atoms with Crippen LogP contribution in [-0.4, -0.2) is 62.6 Å². The summed E-state index contributed by atoms with van der Waals surface area (Å²) in [6.45, 7) is 8.08. The average Bonchev–Trinajstić information content (AvgIpc) is 2.73. The number of nitrogens with one attached hydrogen (secondary N) is 1. The molecule has 2 aliphatic heterocycles. The lowest BCUT2D eigenvalue weighted by Gasteiger charge is -2.57. The molecule has 4 rings (SSSR count). The van der Waals surface area contributed by atoms with E-state index in [1.165, 1.54) is 12.3 Å². The third-order valence-corrected chi connectivity index (χ3v) is 7.12. The monoisotopic (exact) mass is 552 g/mol. The molecular formula is C24H30FIN4O2. The first-order chi connectivity index (χ1) is 15.1. The van der Waals surface area contributed by atoms with Crippen LogP contribution in [0, 0.1) is 9.39 Å². The number of aromatic nitrogens is 1. The lowest BCUT2D eigenvalue weighted by atomic mass is 9.78. The topological polar surface area (TPSA) is 68.7 Å². The van der Waals surface area contributed by atoms with Gasteiger partial charge in [-0.3, -0.25) is 14.7 Å². The Morgan fingerprint density at radius 2 is 2.00 bits per heavy atom. The number of rotatable bonds is 4. The van der Waals surface area contributed by atoms with Gasteiger partial charge in [0.25, 0.3) is 5.91 Å². The van der Waals surface area contributed by atoms with Crippen molar-refractivity contribution >= 4 is 39.9 Å². The van der Waals surface area contributed by atoms with Crippen LogP contribution in [0.15, 0.2) is 36.7 Å². The van der Waals surface area contributed by atoms with E-state index in [0.29, 0.717) is 24.3 Å². The quantitative estimate of drug-likeness (QED) is 0.551. The molecule has 0 bridgehead atoms. The van der Waals surface area contributed by atoms with Crippen molar-refractivity contribution in [3.8, 4) is 0 Å². The van der Waals surface area contributed by atoms with Gasteiger partial charge < -0.3 is 15.3 Å². The van der Waals surface area contributed by atoms with E-state index in [-0.39, 0.29) is 23.2 Å². The van der Waals surface area contributed by atoms with Gasteiger partial charge in [0.1, 0.15) is 11.4 Å². The SMILES string of the molecule is CC(C)(C)N1CCCC[C@H]1C1(O)CN(C(=O)c2ccncc2Nc2ccc(I)cc2F)C1. The molecule has 2 fully saturated rings. The molecule has 1 aromatic carbocycles. The van der Waals surface area contributed by atoms with E-state index in [1.807, 2.05) is 0 Å². The van der Waals surface area contributed by atoms with E-state index in [9.17, 15) is 14.3 Å². The first-order valence-electron chi connectivity index (χ1n) is 11.0. The normalized spacial score (nSPS) is 21.2. The predicted molar refractivity (Wildman–Crippen MR) is 132 cm³/mol. The van der Waals surface area contributed by atoms with Crippen molar-refractivity contribution in [3.63, 3.8) is 0 Å². The summed E-state index contributed by atoms with van der Waals surface area (Å²) in [4.78, 5) is 21.4. The maximum atomic E-state index is 14.3. The Labute approximate surface area is 202 Å². The van der Waals surface area contributed by atoms with E-state index in [1.54, 1.807) is 29.3 Å². The molecule has 6 nitrogen and oxygen atoms in total. The first kappa shape index (κ1) is 23.4. The Balaban J connectivity index is 1.50. The minimum atomic E-state index is -0.911. The molecular weight excluding hydrogens is 522 g/mol. The van der Waals surface area contributed by atoms with Gasteiger partial charge in [0.05, 0.1) is 36.2 Å². The second-order valence-electron chi connectivity index (χ2n) is 9.81. The van der Waals surface area contributed by atoms with E-state index in [0.717, 1.165) is 29.4 Å². The van der Waals surface area contributed by atoms with Gasteiger partial charge >= 0.3 is 0 Å². The zero-order chi connectivity index (χ0) is 23.1. The van der Waals surface area contributed by atoms with Crippen LogP contribution in [0.5, 0.6) is 0 Å². The number of aliphatic hydroxyl groups is 1. The van der Waals surface area contributed by atoms with E-state index in [2.05, 4.69) is 58.6 Å². The van der Waals surface area contributed by atoms with Crippen LogP contribution >= 0.6 is 22.6 Å². The predicted octanol–water partition coefficient (Wildman–Crippen LogP) is 4.41. The molecule has 2 saturated heterocycles. The Morgan fingerprint density at radius 3 is 2.69 bits per heavy atom. The number of pyridine rings is 1. The molecule has 3 heterocycles. The number of hydrogen-bond acceptors (Lipinski definition) is 5. The van der Waals surface area contributed by atoms with Crippen LogP contribution < -0.4 is 5.32 Å². The standard InChI is InChI=1S/C24H30FIN4O2/c1-23(2,3)30-11-5-4-6-21(30)24(32)14-29(15-24)22(31)17-9-10-27-13-20(17)28-19-8-7-16(26)12-18(19)25/h7-10,12-13,21,28,32H,4-6,11,14-15H2,1-3H3/t21-/m0/s1. The number of likely N-dealkylation sites (tertiary alicyclic amines) is 2. The van der Waals surface area contributed by atoms with Gasteiger partial charge in [-0.1, -0.05) is 6.42 Å². The summed E-state index contributed by atoms with van der Waals surface area (Å²) in [5.41, 5.74) is 0.200. The first-order valence-corrected chi connectivity index (χ1v) is 12.1. The van der Waals surface area contributed by atoms with Crippen LogP contribution in [0.1, 0.15) is 50.4 Å². The lowest BCUT2D eigenvalue weighted by Crippen LogP contribution is -2.74. The molecule has 1 atom stereocenters. The Kier molecular flexibility index (Phi) is 6.48. The molecule has 0 aliphatic carbocycles. The minimum absolute atomic E-state index is 0.0367. The fourth-order valence-corrected chi connectivity index (χ4v) is 5.30. The number of benzene rings is 1. The fourth-order valence-electron chi connectivity index (χ4n) is 4.85. The maximum Gasteiger partial charge on any atom is 0.256 e. The molecule has 8 heteroatoms. The van der Waals surface area contributed by atoms with E-state index < -0.39 is 11.4 Å². The second kappa shape index (κ2) is 8.87. The molecule has 0 saturated carbocycles. The van der Waals surface area contributed by atoms with E-state index >= 15 is 0 Å². The Hall–Kier alpha value is -1.78. The summed E-state index contributed by atoms with van der Waals surface area (Å²) in [7, 11) is 0. The van der Waals surface area contributed by atoms with Crippen LogP contribution in [-0.2, 0) is 0 Å². The second-order valence-corrected chi connectivity index (χ2v) is 11.1. The van der Waals surface area contributed by atoms with Crippen molar-refractivity contribution in [2.24, 2.45) is 0 Å². The van der Waals surface area contributed by atoms with Crippen molar-refractivity contribution < 1.29 is 14.3 Å². The number of piperidine rings is 1. The van der Waals surface area contributed by atoms with Gasteiger partial charge in [-0.2, -0.15) is 0 Å². The minimum Gasteiger partial charge on any atom is -0.385 e. The molecule has 1 aromatic heterocycles.